The standard InChI is InChI=1S/C23H29N3O3S3/c1-15(2)25(5)32(28,29)19-9-7-18(8-10-19)22(27)24-23-26(11-12-30-6)20-14-16(3)13-17(4)21(20)31-23/h7-10,13-15H,11-12H2,1-6H3. The highest BCUT2D eigenvalue weighted by molar-refractivity contribution is 7.98. The molecule has 1 amide bonds. The van der Waals surface area contributed by atoms with E-state index >= 15 is 0 Å². The van der Waals surface area contributed by atoms with Crippen LogP contribution in [-0.4, -0.2) is 48.3 Å². The Bertz CT molecular complexity index is 1300. The van der Waals surface area contributed by atoms with E-state index in [1.165, 1.54) is 51.0 Å². The lowest BCUT2D eigenvalue weighted by molar-refractivity contribution is 0.0997. The first kappa shape index (κ1) is 24.7. The van der Waals surface area contributed by atoms with Gasteiger partial charge in [0.2, 0.25) is 10.0 Å². The van der Waals surface area contributed by atoms with Gasteiger partial charge >= 0.3 is 0 Å². The summed E-state index contributed by atoms with van der Waals surface area (Å²) in [6.07, 6.45) is 2.06. The van der Waals surface area contributed by atoms with Gasteiger partial charge < -0.3 is 4.57 Å². The molecule has 0 radical (unpaired) electrons. The maximum atomic E-state index is 12.9. The fourth-order valence-electron chi connectivity index (χ4n) is 3.36. The number of thioether (sulfide) groups is 1. The molecule has 1 heterocycles. The topological polar surface area (TPSA) is 71.7 Å². The highest BCUT2D eigenvalue weighted by Crippen LogP contribution is 2.24. The van der Waals surface area contributed by atoms with Gasteiger partial charge in [0.1, 0.15) is 0 Å². The third-order valence-corrected chi connectivity index (χ3v) is 9.20. The van der Waals surface area contributed by atoms with Gasteiger partial charge in [-0.25, -0.2) is 8.42 Å². The van der Waals surface area contributed by atoms with Crippen LogP contribution in [0.4, 0.5) is 0 Å². The zero-order chi connectivity index (χ0) is 23.6. The minimum Gasteiger partial charge on any atom is -0.315 e. The van der Waals surface area contributed by atoms with Crippen LogP contribution in [0.25, 0.3) is 10.2 Å². The van der Waals surface area contributed by atoms with E-state index in [-0.39, 0.29) is 16.8 Å². The lowest BCUT2D eigenvalue weighted by atomic mass is 10.1. The van der Waals surface area contributed by atoms with Crippen molar-refractivity contribution in [3.63, 3.8) is 0 Å². The molecule has 32 heavy (non-hydrogen) atoms. The van der Waals surface area contributed by atoms with Crippen LogP contribution in [0, 0.1) is 13.8 Å². The normalized spacial score (nSPS) is 12.9. The van der Waals surface area contributed by atoms with Gasteiger partial charge in [-0.2, -0.15) is 21.1 Å². The minimum absolute atomic E-state index is 0.159. The maximum absolute atomic E-state index is 12.9. The number of thiazole rings is 1. The van der Waals surface area contributed by atoms with Gasteiger partial charge in [0.25, 0.3) is 5.91 Å². The Morgan fingerprint density at radius 1 is 1.19 bits per heavy atom. The molecule has 2 aromatic carbocycles. The van der Waals surface area contributed by atoms with Crippen LogP contribution in [0.2, 0.25) is 0 Å². The fourth-order valence-corrected chi connectivity index (χ4v) is 6.20. The van der Waals surface area contributed by atoms with Gasteiger partial charge in [-0.15, -0.1) is 0 Å². The molecule has 0 aliphatic heterocycles. The zero-order valence-electron chi connectivity index (χ0n) is 19.2. The number of fused-ring (bicyclic) bond motifs is 1. The lowest BCUT2D eigenvalue weighted by Gasteiger charge is -2.20. The van der Waals surface area contributed by atoms with E-state index in [9.17, 15) is 13.2 Å². The molecular formula is C23H29N3O3S3. The van der Waals surface area contributed by atoms with Gasteiger partial charge in [0.05, 0.1) is 15.1 Å². The molecule has 3 aromatic rings. The van der Waals surface area contributed by atoms with Crippen molar-refractivity contribution < 1.29 is 13.2 Å². The second-order valence-corrected chi connectivity index (χ2v) is 12.0. The molecule has 1 aromatic heterocycles. The van der Waals surface area contributed by atoms with Crippen LogP contribution in [0.1, 0.15) is 35.3 Å². The van der Waals surface area contributed by atoms with E-state index in [2.05, 4.69) is 41.8 Å². The molecule has 3 rings (SSSR count). The van der Waals surface area contributed by atoms with Crippen LogP contribution in [0.15, 0.2) is 46.3 Å². The predicted octanol–water partition coefficient (Wildman–Crippen LogP) is 4.45. The number of hydrogen-bond acceptors (Lipinski definition) is 5. The van der Waals surface area contributed by atoms with Crippen molar-refractivity contribution in [2.45, 2.75) is 45.2 Å². The summed E-state index contributed by atoms with van der Waals surface area (Å²) in [7, 11) is -2.05. The molecule has 0 unspecified atom stereocenters. The number of rotatable bonds is 7. The van der Waals surface area contributed by atoms with Gasteiger partial charge in [-0.3, -0.25) is 4.79 Å². The first-order chi connectivity index (χ1) is 15.1. The summed E-state index contributed by atoms with van der Waals surface area (Å²) in [5.74, 6) is 0.529. The van der Waals surface area contributed by atoms with Crippen LogP contribution in [0.3, 0.4) is 0 Å². The van der Waals surface area contributed by atoms with E-state index in [0.717, 1.165) is 22.5 Å². The molecule has 0 aliphatic rings. The summed E-state index contributed by atoms with van der Waals surface area (Å²) in [4.78, 5) is 18.2. The van der Waals surface area contributed by atoms with Gasteiger partial charge in [-0.1, -0.05) is 17.4 Å². The molecule has 0 aliphatic carbocycles. The number of hydrogen-bond donors (Lipinski definition) is 0. The third-order valence-electron chi connectivity index (χ3n) is 5.34. The second kappa shape index (κ2) is 9.91. The van der Waals surface area contributed by atoms with Gasteiger partial charge in [-0.05, 0) is 75.4 Å². The molecule has 0 saturated heterocycles. The van der Waals surface area contributed by atoms with Crippen LogP contribution < -0.4 is 4.80 Å². The summed E-state index contributed by atoms with van der Waals surface area (Å²) in [5, 5.41) is 0. The second-order valence-electron chi connectivity index (χ2n) is 8.02. The Labute approximate surface area is 198 Å². The van der Waals surface area contributed by atoms with Gasteiger partial charge in [0.15, 0.2) is 4.80 Å². The summed E-state index contributed by atoms with van der Waals surface area (Å²) < 4.78 is 29.9. The van der Waals surface area contributed by atoms with E-state index in [4.69, 9.17) is 0 Å². The van der Waals surface area contributed by atoms with Gasteiger partial charge in [0, 0.05) is 31.0 Å². The highest BCUT2D eigenvalue weighted by atomic mass is 32.2. The van der Waals surface area contributed by atoms with Crippen molar-refractivity contribution in [1.29, 1.82) is 0 Å². The minimum atomic E-state index is -3.60. The lowest BCUT2D eigenvalue weighted by Crippen LogP contribution is -2.33. The van der Waals surface area contributed by atoms with Crippen molar-refractivity contribution in [1.82, 2.24) is 8.87 Å². The summed E-state index contributed by atoms with van der Waals surface area (Å²) in [6, 6.07) is 10.1. The molecule has 0 saturated carbocycles. The van der Waals surface area contributed by atoms with Crippen molar-refractivity contribution in [3.8, 4) is 0 Å². The van der Waals surface area contributed by atoms with Crippen LogP contribution in [-0.2, 0) is 16.6 Å². The fraction of sp³-hybridized carbons (Fsp3) is 0.391. The van der Waals surface area contributed by atoms with Crippen molar-refractivity contribution in [2.75, 3.05) is 19.1 Å². The van der Waals surface area contributed by atoms with E-state index in [1.807, 2.05) is 13.8 Å². The number of amides is 1. The Hall–Kier alpha value is -1.94. The summed E-state index contributed by atoms with van der Waals surface area (Å²) >= 11 is 3.26. The van der Waals surface area contributed by atoms with Crippen LogP contribution in [0.5, 0.6) is 0 Å². The van der Waals surface area contributed by atoms with Crippen molar-refractivity contribution in [2.24, 2.45) is 4.99 Å². The summed E-state index contributed by atoms with van der Waals surface area (Å²) in [6.45, 7) is 8.53. The molecule has 0 N–H and O–H groups in total. The Morgan fingerprint density at radius 2 is 1.84 bits per heavy atom. The molecule has 172 valence electrons. The smallest absolute Gasteiger partial charge is 0.279 e. The SMILES string of the molecule is CSCCn1c(=NC(=O)c2ccc(S(=O)(=O)N(C)C(C)C)cc2)sc2c(C)cc(C)cc21. The third kappa shape index (κ3) is 5.01. The first-order valence-corrected chi connectivity index (χ1v) is 14.0. The first-order valence-electron chi connectivity index (χ1n) is 10.3. The molecule has 0 atom stereocenters. The molecule has 6 nitrogen and oxygen atoms in total. The zero-order valence-corrected chi connectivity index (χ0v) is 21.7. The highest BCUT2D eigenvalue weighted by Gasteiger charge is 2.23. The number of carbonyl (C=O) groups is 1. The van der Waals surface area contributed by atoms with Crippen molar-refractivity contribution >= 4 is 49.2 Å². The van der Waals surface area contributed by atoms with Crippen molar-refractivity contribution in [3.05, 3.63) is 57.9 Å². The molecule has 0 spiro atoms. The number of aromatic nitrogens is 1. The molecular weight excluding hydrogens is 462 g/mol. The number of nitrogens with zero attached hydrogens (tertiary/aromatic N) is 3. The van der Waals surface area contributed by atoms with E-state index < -0.39 is 10.0 Å². The molecule has 0 fully saturated rings. The van der Waals surface area contributed by atoms with Crippen LogP contribution >= 0.6 is 23.1 Å². The Balaban J connectivity index is 2.02. The van der Waals surface area contributed by atoms with E-state index in [0.29, 0.717) is 10.4 Å². The van der Waals surface area contributed by atoms with E-state index in [1.54, 1.807) is 18.8 Å². The molecule has 9 heteroatoms. The number of aryl methyl sites for hydroxylation is 3. The summed E-state index contributed by atoms with van der Waals surface area (Å²) in [5.41, 5.74) is 3.79. The predicted molar refractivity (Wildman–Crippen MR) is 134 cm³/mol. The Kier molecular flexibility index (Phi) is 7.65. The number of sulfonamides is 1. The monoisotopic (exact) mass is 491 g/mol. The largest absolute Gasteiger partial charge is 0.315 e. The maximum Gasteiger partial charge on any atom is 0.279 e. The average molecular weight is 492 g/mol. The molecule has 0 bridgehead atoms. The number of benzene rings is 2. The Morgan fingerprint density at radius 3 is 2.44 bits per heavy atom. The number of carbonyl (C=O) groups excluding carboxylic acids is 1. The quantitative estimate of drug-likeness (QED) is 0.489. The average Bonchev–Trinajstić information content (AvgIpc) is 3.08.